The first-order chi connectivity index (χ1) is 12.6. The van der Waals surface area contributed by atoms with Crippen molar-refractivity contribution in [2.75, 3.05) is 33.8 Å². The highest BCUT2D eigenvalue weighted by molar-refractivity contribution is 5.76. The van der Waals surface area contributed by atoms with E-state index in [1.165, 1.54) is 55.2 Å². The summed E-state index contributed by atoms with van der Waals surface area (Å²) in [5.74, 6) is 1.39. The molecular weight excluding hydrogens is 324 g/mol. The van der Waals surface area contributed by atoms with Gasteiger partial charge >= 0.3 is 0 Å². The number of carbonyl (C=O) groups excluding carboxylic acids is 1. The first-order valence-corrected chi connectivity index (χ1v) is 10.2. The molecule has 2 saturated heterocycles. The standard InChI is InChI=1S/C22H32N2O2/c1-23-11-8-22(7-6-21(23)25)9-12-24(13-10-22)16-19-14-17-4-3-5-18(17)15-20(19)26-2/h14-15H,3-13,16H2,1-2H3. The molecule has 4 rings (SSSR count). The van der Waals surface area contributed by atoms with Crippen molar-refractivity contribution in [3.05, 3.63) is 28.8 Å². The topological polar surface area (TPSA) is 32.8 Å². The van der Waals surface area contributed by atoms with Crippen LogP contribution >= 0.6 is 0 Å². The number of methoxy groups -OCH3 is 1. The summed E-state index contributed by atoms with van der Waals surface area (Å²) in [6, 6.07) is 4.67. The van der Waals surface area contributed by atoms with Crippen LogP contribution in [0.4, 0.5) is 0 Å². The molecule has 0 aromatic heterocycles. The minimum absolute atomic E-state index is 0.326. The maximum atomic E-state index is 12.0. The monoisotopic (exact) mass is 356 g/mol. The van der Waals surface area contributed by atoms with Gasteiger partial charge in [0.05, 0.1) is 7.11 Å². The van der Waals surface area contributed by atoms with Crippen LogP contribution in [0.3, 0.4) is 0 Å². The lowest BCUT2D eigenvalue weighted by atomic mass is 9.73. The van der Waals surface area contributed by atoms with E-state index in [0.717, 1.165) is 44.8 Å². The van der Waals surface area contributed by atoms with Gasteiger partial charge in [0.2, 0.25) is 5.91 Å². The molecule has 4 heteroatoms. The van der Waals surface area contributed by atoms with Crippen molar-refractivity contribution >= 4 is 5.91 Å². The molecule has 0 atom stereocenters. The van der Waals surface area contributed by atoms with E-state index >= 15 is 0 Å². The van der Waals surface area contributed by atoms with Crippen LogP contribution in [0.25, 0.3) is 0 Å². The first-order valence-electron chi connectivity index (χ1n) is 10.2. The molecule has 26 heavy (non-hydrogen) atoms. The van der Waals surface area contributed by atoms with Gasteiger partial charge in [0.25, 0.3) is 0 Å². The zero-order valence-electron chi connectivity index (χ0n) is 16.4. The number of fused-ring (bicyclic) bond motifs is 1. The second-order valence-electron chi connectivity index (χ2n) is 8.63. The van der Waals surface area contributed by atoms with E-state index in [2.05, 4.69) is 17.0 Å². The number of hydrogen-bond donors (Lipinski definition) is 0. The van der Waals surface area contributed by atoms with Crippen LogP contribution in [0.2, 0.25) is 0 Å². The number of carbonyl (C=O) groups is 1. The number of benzene rings is 1. The molecule has 1 aromatic carbocycles. The molecular formula is C22H32N2O2. The molecule has 0 N–H and O–H groups in total. The lowest BCUT2D eigenvalue weighted by molar-refractivity contribution is -0.129. The molecule has 3 aliphatic rings. The number of piperidine rings is 1. The molecule has 2 heterocycles. The smallest absolute Gasteiger partial charge is 0.222 e. The van der Waals surface area contributed by atoms with Crippen molar-refractivity contribution in [1.29, 1.82) is 0 Å². The Bertz CT molecular complexity index is 677. The summed E-state index contributed by atoms with van der Waals surface area (Å²) >= 11 is 0. The van der Waals surface area contributed by atoms with E-state index in [-0.39, 0.29) is 0 Å². The van der Waals surface area contributed by atoms with Gasteiger partial charge in [-0.05, 0) is 80.6 Å². The van der Waals surface area contributed by atoms with Crippen LogP contribution in [0.5, 0.6) is 5.75 Å². The van der Waals surface area contributed by atoms with Crippen LogP contribution < -0.4 is 4.74 Å². The van der Waals surface area contributed by atoms with Gasteiger partial charge in [-0.2, -0.15) is 0 Å². The molecule has 0 radical (unpaired) electrons. The maximum absolute atomic E-state index is 12.0. The van der Waals surface area contributed by atoms with Gasteiger partial charge in [0.1, 0.15) is 5.75 Å². The first kappa shape index (κ1) is 17.8. The minimum atomic E-state index is 0.326. The molecule has 4 nitrogen and oxygen atoms in total. The highest BCUT2D eigenvalue weighted by Crippen LogP contribution is 2.42. The second kappa shape index (κ2) is 7.22. The molecule has 0 unspecified atom stereocenters. The Labute approximate surface area is 157 Å². The van der Waals surface area contributed by atoms with Crippen molar-refractivity contribution in [2.45, 2.75) is 57.9 Å². The third-order valence-corrected chi connectivity index (χ3v) is 7.08. The zero-order chi connectivity index (χ0) is 18.1. The van der Waals surface area contributed by atoms with Gasteiger partial charge in [-0.15, -0.1) is 0 Å². The van der Waals surface area contributed by atoms with Crippen LogP contribution in [0.15, 0.2) is 12.1 Å². The average molecular weight is 357 g/mol. The van der Waals surface area contributed by atoms with Gasteiger partial charge in [-0.25, -0.2) is 0 Å². The number of rotatable bonds is 3. The molecule has 1 amide bonds. The number of hydrogen-bond acceptors (Lipinski definition) is 3. The predicted molar refractivity (Wildman–Crippen MR) is 103 cm³/mol. The van der Waals surface area contributed by atoms with Crippen molar-refractivity contribution in [3.63, 3.8) is 0 Å². The van der Waals surface area contributed by atoms with Gasteiger partial charge < -0.3 is 9.64 Å². The van der Waals surface area contributed by atoms with Crippen molar-refractivity contribution in [1.82, 2.24) is 9.80 Å². The van der Waals surface area contributed by atoms with Crippen LogP contribution in [-0.4, -0.2) is 49.5 Å². The number of aryl methyl sites for hydroxylation is 2. The Morgan fingerprint density at radius 1 is 1.00 bits per heavy atom. The second-order valence-corrected chi connectivity index (χ2v) is 8.63. The van der Waals surface area contributed by atoms with Gasteiger partial charge in [0.15, 0.2) is 0 Å². The Kier molecular flexibility index (Phi) is 4.96. The van der Waals surface area contributed by atoms with E-state index in [1.54, 1.807) is 7.11 Å². The Morgan fingerprint density at radius 3 is 2.42 bits per heavy atom. The van der Waals surface area contributed by atoms with Gasteiger partial charge in [-0.3, -0.25) is 9.69 Å². The van der Waals surface area contributed by atoms with E-state index in [9.17, 15) is 4.79 Å². The van der Waals surface area contributed by atoms with E-state index in [4.69, 9.17) is 4.74 Å². The third kappa shape index (κ3) is 3.48. The Morgan fingerprint density at radius 2 is 1.69 bits per heavy atom. The number of ether oxygens (including phenoxy) is 1. The molecule has 1 aliphatic carbocycles. The summed E-state index contributed by atoms with van der Waals surface area (Å²) < 4.78 is 5.69. The maximum Gasteiger partial charge on any atom is 0.222 e. The molecule has 0 saturated carbocycles. The highest BCUT2D eigenvalue weighted by Gasteiger charge is 2.37. The van der Waals surface area contributed by atoms with Crippen LogP contribution in [-0.2, 0) is 24.2 Å². The van der Waals surface area contributed by atoms with Crippen LogP contribution in [0, 0.1) is 5.41 Å². The van der Waals surface area contributed by atoms with Crippen LogP contribution in [0.1, 0.15) is 55.2 Å². The Balaban J connectivity index is 1.41. The summed E-state index contributed by atoms with van der Waals surface area (Å²) in [5, 5.41) is 0. The summed E-state index contributed by atoms with van der Waals surface area (Å²) in [6.07, 6.45) is 9.12. The minimum Gasteiger partial charge on any atom is -0.496 e. The molecule has 1 aromatic rings. The van der Waals surface area contributed by atoms with Gasteiger partial charge in [0, 0.05) is 32.1 Å². The SMILES string of the molecule is COc1cc2c(cc1CN1CCC3(CCC(=O)N(C)CC3)CC1)CCC2. The molecule has 2 fully saturated rings. The highest BCUT2D eigenvalue weighted by atomic mass is 16.5. The number of amides is 1. The number of nitrogens with zero attached hydrogens (tertiary/aromatic N) is 2. The normalized spacial score (nSPS) is 23.2. The lowest BCUT2D eigenvalue weighted by Gasteiger charge is -2.41. The van der Waals surface area contributed by atoms with Crippen molar-refractivity contribution in [3.8, 4) is 5.75 Å². The number of likely N-dealkylation sites (tertiary alicyclic amines) is 2. The fraction of sp³-hybridized carbons (Fsp3) is 0.682. The van der Waals surface area contributed by atoms with E-state index in [1.807, 2.05) is 11.9 Å². The van der Waals surface area contributed by atoms with E-state index in [0.29, 0.717) is 11.3 Å². The fourth-order valence-electron chi connectivity index (χ4n) is 5.11. The Hall–Kier alpha value is -1.55. The fourth-order valence-corrected chi connectivity index (χ4v) is 5.11. The predicted octanol–water partition coefficient (Wildman–Crippen LogP) is 3.41. The summed E-state index contributed by atoms with van der Waals surface area (Å²) in [7, 11) is 3.75. The largest absolute Gasteiger partial charge is 0.496 e. The zero-order valence-corrected chi connectivity index (χ0v) is 16.4. The molecule has 1 spiro atoms. The molecule has 142 valence electrons. The summed E-state index contributed by atoms with van der Waals surface area (Å²) in [4.78, 5) is 16.5. The van der Waals surface area contributed by atoms with Crippen molar-refractivity contribution < 1.29 is 9.53 Å². The van der Waals surface area contributed by atoms with Gasteiger partial charge in [-0.1, -0.05) is 6.07 Å². The van der Waals surface area contributed by atoms with E-state index < -0.39 is 0 Å². The molecule has 2 aliphatic heterocycles. The summed E-state index contributed by atoms with van der Waals surface area (Å²) in [5.41, 5.74) is 4.74. The quantitative estimate of drug-likeness (QED) is 0.832. The van der Waals surface area contributed by atoms with Crippen molar-refractivity contribution in [2.24, 2.45) is 5.41 Å². The third-order valence-electron chi connectivity index (χ3n) is 7.08. The summed E-state index contributed by atoms with van der Waals surface area (Å²) in [6.45, 7) is 4.19. The lowest BCUT2D eigenvalue weighted by Crippen LogP contribution is -2.40. The average Bonchev–Trinajstić information content (AvgIpc) is 3.07. The molecule has 0 bridgehead atoms.